The van der Waals surface area contributed by atoms with Crippen LogP contribution in [0.25, 0.3) is 0 Å². The van der Waals surface area contributed by atoms with Crippen LogP contribution in [0.1, 0.15) is 24.0 Å². The van der Waals surface area contributed by atoms with E-state index in [4.69, 9.17) is 9.47 Å². The lowest BCUT2D eigenvalue weighted by Crippen LogP contribution is -2.07. The highest BCUT2D eigenvalue weighted by molar-refractivity contribution is 9.08. The van der Waals surface area contributed by atoms with E-state index in [0.717, 1.165) is 29.2 Å². The SMILES string of the molecule is Cc1cccc(CBr)c1OCOCC1CC1. The van der Waals surface area contributed by atoms with Crippen molar-refractivity contribution in [2.75, 3.05) is 13.4 Å². The van der Waals surface area contributed by atoms with Gasteiger partial charge in [-0.15, -0.1) is 0 Å². The van der Waals surface area contributed by atoms with E-state index in [0.29, 0.717) is 6.79 Å². The van der Waals surface area contributed by atoms with Gasteiger partial charge in [-0.25, -0.2) is 0 Å². The number of ether oxygens (including phenoxy) is 2. The Morgan fingerprint density at radius 3 is 2.88 bits per heavy atom. The van der Waals surface area contributed by atoms with Crippen molar-refractivity contribution in [3.63, 3.8) is 0 Å². The molecule has 0 saturated heterocycles. The van der Waals surface area contributed by atoms with Crippen molar-refractivity contribution in [3.05, 3.63) is 29.3 Å². The zero-order chi connectivity index (χ0) is 11.4. The third-order valence-electron chi connectivity index (χ3n) is 2.77. The van der Waals surface area contributed by atoms with Gasteiger partial charge in [0.25, 0.3) is 0 Å². The van der Waals surface area contributed by atoms with Gasteiger partial charge in [0, 0.05) is 10.9 Å². The zero-order valence-corrected chi connectivity index (χ0v) is 11.1. The summed E-state index contributed by atoms with van der Waals surface area (Å²) in [4.78, 5) is 0. The summed E-state index contributed by atoms with van der Waals surface area (Å²) in [6.45, 7) is 3.26. The summed E-state index contributed by atoms with van der Waals surface area (Å²) in [5.74, 6) is 1.74. The van der Waals surface area contributed by atoms with Crippen LogP contribution in [0.3, 0.4) is 0 Å². The first-order valence-electron chi connectivity index (χ1n) is 5.66. The molecular weight excluding hydrogens is 268 g/mol. The summed E-state index contributed by atoms with van der Waals surface area (Å²) in [6, 6.07) is 6.17. The molecule has 0 spiro atoms. The van der Waals surface area contributed by atoms with Crippen LogP contribution >= 0.6 is 15.9 Å². The summed E-state index contributed by atoms with van der Waals surface area (Å²) in [5.41, 5.74) is 2.34. The average molecular weight is 285 g/mol. The quantitative estimate of drug-likeness (QED) is 0.451. The van der Waals surface area contributed by atoms with Gasteiger partial charge < -0.3 is 9.47 Å². The standard InChI is InChI=1S/C13H17BrO2/c1-10-3-2-4-12(7-14)13(10)16-9-15-8-11-5-6-11/h2-4,11H,5-9H2,1H3. The minimum atomic E-state index is 0.362. The van der Waals surface area contributed by atoms with Crippen molar-refractivity contribution in [1.82, 2.24) is 0 Å². The van der Waals surface area contributed by atoms with Gasteiger partial charge >= 0.3 is 0 Å². The van der Waals surface area contributed by atoms with Crippen LogP contribution < -0.4 is 4.74 Å². The lowest BCUT2D eigenvalue weighted by Gasteiger charge is -2.12. The van der Waals surface area contributed by atoms with Crippen LogP contribution in [0.5, 0.6) is 5.75 Å². The molecular formula is C13H17BrO2. The van der Waals surface area contributed by atoms with Crippen LogP contribution in [-0.4, -0.2) is 13.4 Å². The number of benzene rings is 1. The Bertz CT molecular complexity index is 348. The highest BCUT2D eigenvalue weighted by atomic mass is 79.9. The molecule has 0 unspecified atom stereocenters. The molecule has 0 aliphatic heterocycles. The highest BCUT2D eigenvalue weighted by Gasteiger charge is 2.21. The number of hydrogen-bond acceptors (Lipinski definition) is 2. The van der Waals surface area contributed by atoms with Gasteiger partial charge in [0.2, 0.25) is 0 Å². The number of alkyl halides is 1. The van der Waals surface area contributed by atoms with Crippen LogP contribution in [0.4, 0.5) is 0 Å². The fourth-order valence-corrected chi connectivity index (χ4v) is 2.07. The van der Waals surface area contributed by atoms with E-state index >= 15 is 0 Å². The highest BCUT2D eigenvalue weighted by Crippen LogP contribution is 2.29. The van der Waals surface area contributed by atoms with Crippen molar-refractivity contribution in [2.45, 2.75) is 25.1 Å². The average Bonchev–Trinajstić information content (AvgIpc) is 3.09. The molecule has 1 fully saturated rings. The molecule has 2 nitrogen and oxygen atoms in total. The molecule has 1 aliphatic rings. The first-order valence-corrected chi connectivity index (χ1v) is 6.78. The Morgan fingerprint density at radius 2 is 2.19 bits per heavy atom. The molecule has 0 radical (unpaired) electrons. The van der Waals surface area contributed by atoms with Gasteiger partial charge in [0.05, 0.1) is 6.61 Å². The van der Waals surface area contributed by atoms with Gasteiger partial charge in [-0.3, -0.25) is 0 Å². The van der Waals surface area contributed by atoms with E-state index in [1.807, 2.05) is 6.07 Å². The molecule has 16 heavy (non-hydrogen) atoms. The molecule has 88 valence electrons. The third kappa shape index (κ3) is 3.22. The smallest absolute Gasteiger partial charge is 0.189 e. The minimum absolute atomic E-state index is 0.362. The largest absolute Gasteiger partial charge is 0.467 e. The molecule has 1 aromatic carbocycles. The van der Waals surface area contributed by atoms with Crippen LogP contribution in [-0.2, 0) is 10.1 Å². The number of aryl methyl sites for hydroxylation is 1. The summed E-state index contributed by atoms with van der Waals surface area (Å²) < 4.78 is 11.2. The molecule has 2 rings (SSSR count). The van der Waals surface area contributed by atoms with Gasteiger partial charge in [0.15, 0.2) is 6.79 Å². The second kappa shape index (κ2) is 5.69. The molecule has 0 atom stereocenters. The van der Waals surface area contributed by atoms with Gasteiger partial charge in [-0.2, -0.15) is 0 Å². The van der Waals surface area contributed by atoms with Crippen LogP contribution in [0.2, 0.25) is 0 Å². The fraction of sp³-hybridized carbons (Fsp3) is 0.538. The molecule has 0 bridgehead atoms. The van der Waals surface area contributed by atoms with Crippen molar-refractivity contribution in [2.24, 2.45) is 5.92 Å². The Kier molecular flexibility index (Phi) is 4.24. The Balaban J connectivity index is 1.86. The van der Waals surface area contributed by atoms with Crippen LogP contribution in [0.15, 0.2) is 18.2 Å². The summed E-state index contributed by atoms with van der Waals surface area (Å²) in [5, 5.41) is 0.812. The van der Waals surface area contributed by atoms with E-state index in [1.54, 1.807) is 0 Å². The predicted molar refractivity (Wildman–Crippen MR) is 68.0 cm³/mol. The topological polar surface area (TPSA) is 18.5 Å². The van der Waals surface area contributed by atoms with Crippen molar-refractivity contribution < 1.29 is 9.47 Å². The number of halogens is 1. The number of hydrogen-bond donors (Lipinski definition) is 0. The van der Waals surface area contributed by atoms with Crippen molar-refractivity contribution >= 4 is 15.9 Å². The molecule has 1 saturated carbocycles. The van der Waals surface area contributed by atoms with Crippen molar-refractivity contribution in [1.29, 1.82) is 0 Å². The second-order valence-electron chi connectivity index (χ2n) is 4.27. The molecule has 3 heteroatoms. The molecule has 0 aromatic heterocycles. The maximum Gasteiger partial charge on any atom is 0.189 e. The van der Waals surface area contributed by atoms with E-state index < -0.39 is 0 Å². The van der Waals surface area contributed by atoms with Gasteiger partial charge in [0.1, 0.15) is 5.75 Å². The monoisotopic (exact) mass is 284 g/mol. The Hall–Kier alpha value is -0.540. The molecule has 1 aliphatic carbocycles. The third-order valence-corrected chi connectivity index (χ3v) is 3.38. The van der Waals surface area contributed by atoms with E-state index in [9.17, 15) is 0 Å². The first kappa shape index (κ1) is 11.9. The maximum absolute atomic E-state index is 5.68. The van der Waals surface area contributed by atoms with Crippen LogP contribution in [0, 0.1) is 12.8 Å². The number of rotatable bonds is 6. The van der Waals surface area contributed by atoms with Gasteiger partial charge in [-0.05, 0) is 31.2 Å². The van der Waals surface area contributed by atoms with Gasteiger partial charge in [-0.1, -0.05) is 34.1 Å². The summed E-state index contributed by atoms with van der Waals surface area (Å²) >= 11 is 3.46. The first-order chi connectivity index (χ1) is 7.81. The number of para-hydroxylation sites is 1. The predicted octanol–water partition coefficient (Wildman–Crippen LogP) is 3.65. The lowest BCUT2D eigenvalue weighted by molar-refractivity contribution is 0.00921. The molecule has 0 heterocycles. The maximum atomic E-state index is 5.68. The lowest BCUT2D eigenvalue weighted by atomic mass is 10.1. The van der Waals surface area contributed by atoms with Crippen molar-refractivity contribution in [3.8, 4) is 5.75 Å². The normalized spacial score (nSPS) is 15.1. The minimum Gasteiger partial charge on any atom is -0.467 e. The Morgan fingerprint density at radius 1 is 1.38 bits per heavy atom. The molecule has 0 amide bonds. The Labute approximate surface area is 105 Å². The van der Waals surface area contributed by atoms with E-state index in [2.05, 4.69) is 35.0 Å². The summed E-state index contributed by atoms with van der Waals surface area (Å²) in [7, 11) is 0. The van der Waals surface area contributed by atoms with E-state index in [-0.39, 0.29) is 0 Å². The summed E-state index contributed by atoms with van der Waals surface area (Å²) in [6.07, 6.45) is 2.63. The fourth-order valence-electron chi connectivity index (χ4n) is 1.62. The van der Waals surface area contributed by atoms with E-state index in [1.165, 1.54) is 18.4 Å². The zero-order valence-electron chi connectivity index (χ0n) is 9.54. The molecule has 1 aromatic rings. The molecule has 0 N–H and O–H groups in total. The second-order valence-corrected chi connectivity index (χ2v) is 4.83.